The normalized spacial score (nSPS) is 19.2. The molecule has 0 spiro atoms. The largest absolute Gasteiger partial charge is 0.392 e. The van der Waals surface area contributed by atoms with Crippen LogP contribution in [-0.4, -0.2) is 23.3 Å². The van der Waals surface area contributed by atoms with E-state index in [9.17, 15) is 5.11 Å². The summed E-state index contributed by atoms with van der Waals surface area (Å²) in [7, 11) is 0. The SMILES string of the molecule is N[C@H](c1ncc(Br)cc1CO)C1CCOCC1. The van der Waals surface area contributed by atoms with Crippen molar-refractivity contribution in [2.45, 2.75) is 25.5 Å². The first-order valence-electron chi connectivity index (χ1n) is 5.81. The number of hydrogen-bond donors (Lipinski definition) is 2. The van der Waals surface area contributed by atoms with Crippen molar-refractivity contribution in [2.75, 3.05) is 13.2 Å². The predicted octanol–water partition coefficient (Wildman–Crippen LogP) is 1.76. The van der Waals surface area contributed by atoms with Gasteiger partial charge in [-0.25, -0.2) is 0 Å². The van der Waals surface area contributed by atoms with Crippen molar-refractivity contribution < 1.29 is 9.84 Å². The molecule has 1 atom stereocenters. The molecule has 0 aliphatic carbocycles. The highest BCUT2D eigenvalue weighted by molar-refractivity contribution is 9.10. The Kier molecular flexibility index (Phi) is 4.50. The molecule has 0 amide bonds. The molecule has 1 aliphatic heterocycles. The number of aromatic nitrogens is 1. The fourth-order valence-electron chi connectivity index (χ4n) is 2.22. The van der Waals surface area contributed by atoms with Crippen LogP contribution < -0.4 is 5.73 Å². The second-order valence-corrected chi connectivity index (χ2v) is 5.25. The second-order valence-electron chi connectivity index (χ2n) is 4.33. The van der Waals surface area contributed by atoms with Crippen molar-refractivity contribution in [3.63, 3.8) is 0 Å². The molecule has 2 heterocycles. The summed E-state index contributed by atoms with van der Waals surface area (Å²) in [6.07, 6.45) is 3.65. The topological polar surface area (TPSA) is 68.4 Å². The summed E-state index contributed by atoms with van der Waals surface area (Å²) in [5, 5.41) is 9.35. The smallest absolute Gasteiger partial charge is 0.0700 e. The van der Waals surface area contributed by atoms with Gasteiger partial charge >= 0.3 is 0 Å². The van der Waals surface area contributed by atoms with E-state index in [4.69, 9.17) is 10.5 Å². The number of nitrogens with zero attached hydrogens (tertiary/aromatic N) is 1. The maximum absolute atomic E-state index is 9.35. The van der Waals surface area contributed by atoms with Crippen molar-refractivity contribution in [1.29, 1.82) is 0 Å². The number of aliphatic hydroxyl groups excluding tert-OH is 1. The van der Waals surface area contributed by atoms with Crippen LogP contribution >= 0.6 is 15.9 Å². The molecule has 1 saturated heterocycles. The Morgan fingerprint density at radius 2 is 2.24 bits per heavy atom. The summed E-state index contributed by atoms with van der Waals surface area (Å²) in [5.74, 6) is 0.391. The third kappa shape index (κ3) is 3.04. The Hall–Kier alpha value is -0.490. The van der Waals surface area contributed by atoms with Crippen LogP contribution in [0.2, 0.25) is 0 Å². The number of aliphatic hydroxyl groups is 1. The number of hydrogen-bond acceptors (Lipinski definition) is 4. The average Bonchev–Trinajstić information content (AvgIpc) is 2.39. The Morgan fingerprint density at radius 1 is 1.53 bits per heavy atom. The summed E-state index contributed by atoms with van der Waals surface area (Å²) in [6, 6.07) is 1.76. The molecular weight excluding hydrogens is 284 g/mol. The Morgan fingerprint density at radius 3 is 2.88 bits per heavy atom. The minimum Gasteiger partial charge on any atom is -0.392 e. The van der Waals surface area contributed by atoms with Crippen LogP contribution in [-0.2, 0) is 11.3 Å². The Bertz CT molecular complexity index is 381. The minimum atomic E-state index is -0.117. The van der Waals surface area contributed by atoms with Crippen molar-refractivity contribution in [3.8, 4) is 0 Å². The van der Waals surface area contributed by atoms with Crippen LogP contribution in [0.4, 0.5) is 0 Å². The highest BCUT2D eigenvalue weighted by atomic mass is 79.9. The number of nitrogens with two attached hydrogens (primary N) is 1. The molecule has 3 N–H and O–H groups in total. The molecule has 94 valence electrons. The van der Waals surface area contributed by atoms with Crippen LogP contribution in [0.3, 0.4) is 0 Å². The molecule has 0 aromatic carbocycles. The number of pyridine rings is 1. The van der Waals surface area contributed by atoms with E-state index in [1.54, 1.807) is 6.20 Å². The molecule has 17 heavy (non-hydrogen) atoms. The summed E-state index contributed by atoms with van der Waals surface area (Å²) < 4.78 is 6.19. The lowest BCUT2D eigenvalue weighted by molar-refractivity contribution is 0.0577. The first-order valence-corrected chi connectivity index (χ1v) is 6.60. The molecule has 2 rings (SSSR count). The number of halogens is 1. The van der Waals surface area contributed by atoms with Gasteiger partial charge in [0.1, 0.15) is 0 Å². The maximum atomic E-state index is 9.35. The van der Waals surface area contributed by atoms with Crippen LogP contribution in [0.1, 0.15) is 30.1 Å². The summed E-state index contributed by atoms with van der Waals surface area (Å²) in [4.78, 5) is 4.35. The third-order valence-corrected chi connectivity index (χ3v) is 3.66. The first-order chi connectivity index (χ1) is 8.22. The van der Waals surface area contributed by atoms with Crippen molar-refractivity contribution in [2.24, 2.45) is 11.7 Å². The number of rotatable bonds is 3. The Labute approximate surface area is 109 Å². The molecule has 1 aromatic heterocycles. The molecule has 0 unspecified atom stereocenters. The predicted molar refractivity (Wildman–Crippen MR) is 68.3 cm³/mol. The van der Waals surface area contributed by atoms with Gasteiger partial charge in [0.2, 0.25) is 0 Å². The molecule has 4 nitrogen and oxygen atoms in total. The van der Waals surface area contributed by atoms with E-state index >= 15 is 0 Å². The molecule has 0 saturated carbocycles. The van der Waals surface area contributed by atoms with Gasteiger partial charge in [0.25, 0.3) is 0 Å². The third-order valence-electron chi connectivity index (χ3n) is 3.23. The van der Waals surface area contributed by atoms with Crippen molar-refractivity contribution >= 4 is 15.9 Å². The van der Waals surface area contributed by atoms with E-state index in [2.05, 4.69) is 20.9 Å². The van der Waals surface area contributed by atoms with Gasteiger partial charge in [-0.15, -0.1) is 0 Å². The molecule has 1 aliphatic rings. The van der Waals surface area contributed by atoms with Gasteiger partial charge < -0.3 is 15.6 Å². The van der Waals surface area contributed by atoms with Crippen LogP contribution in [0.15, 0.2) is 16.7 Å². The van der Waals surface area contributed by atoms with E-state index in [1.165, 1.54) is 0 Å². The van der Waals surface area contributed by atoms with Gasteiger partial charge in [-0.05, 0) is 40.8 Å². The molecule has 1 fully saturated rings. The number of ether oxygens (including phenoxy) is 1. The molecule has 5 heteroatoms. The second kappa shape index (κ2) is 5.91. The fourth-order valence-corrected chi connectivity index (χ4v) is 2.60. The van der Waals surface area contributed by atoms with E-state index in [0.29, 0.717) is 5.92 Å². The van der Waals surface area contributed by atoms with Gasteiger partial charge in [-0.3, -0.25) is 4.98 Å². The zero-order valence-electron chi connectivity index (χ0n) is 9.60. The van der Waals surface area contributed by atoms with Gasteiger partial charge in [-0.1, -0.05) is 0 Å². The van der Waals surface area contributed by atoms with Gasteiger partial charge in [0.05, 0.1) is 18.3 Å². The van der Waals surface area contributed by atoms with Gasteiger partial charge in [0.15, 0.2) is 0 Å². The van der Waals surface area contributed by atoms with Crippen LogP contribution in [0.25, 0.3) is 0 Å². The molecular formula is C12H17BrN2O2. The van der Waals surface area contributed by atoms with Crippen molar-refractivity contribution in [3.05, 3.63) is 28.0 Å². The lowest BCUT2D eigenvalue weighted by atomic mass is 9.88. The lowest BCUT2D eigenvalue weighted by Gasteiger charge is -2.28. The maximum Gasteiger partial charge on any atom is 0.0700 e. The van der Waals surface area contributed by atoms with E-state index in [1.807, 2.05) is 6.07 Å². The van der Waals surface area contributed by atoms with Crippen molar-refractivity contribution in [1.82, 2.24) is 4.98 Å². The average molecular weight is 301 g/mol. The summed E-state index contributed by atoms with van der Waals surface area (Å²) in [5.41, 5.74) is 7.86. The highest BCUT2D eigenvalue weighted by Crippen LogP contribution is 2.29. The highest BCUT2D eigenvalue weighted by Gasteiger charge is 2.25. The minimum absolute atomic E-state index is 0.0291. The standard InChI is InChI=1S/C12H17BrN2O2/c13-10-5-9(7-16)12(15-6-10)11(14)8-1-3-17-4-2-8/h5-6,8,11,16H,1-4,7,14H2/t11-/m0/s1. The van der Waals surface area contributed by atoms with Gasteiger partial charge in [-0.2, -0.15) is 0 Å². The summed E-state index contributed by atoms with van der Waals surface area (Å²) in [6.45, 7) is 1.51. The zero-order valence-corrected chi connectivity index (χ0v) is 11.2. The molecule has 0 radical (unpaired) electrons. The lowest BCUT2D eigenvalue weighted by Crippen LogP contribution is -2.29. The first kappa shape index (κ1) is 13.0. The van der Waals surface area contributed by atoms with E-state index in [-0.39, 0.29) is 12.6 Å². The van der Waals surface area contributed by atoms with E-state index < -0.39 is 0 Å². The van der Waals surface area contributed by atoms with Crippen LogP contribution in [0, 0.1) is 5.92 Å². The monoisotopic (exact) mass is 300 g/mol. The van der Waals surface area contributed by atoms with Crippen LogP contribution in [0.5, 0.6) is 0 Å². The molecule has 0 bridgehead atoms. The summed E-state index contributed by atoms with van der Waals surface area (Å²) >= 11 is 3.35. The quantitative estimate of drug-likeness (QED) is 0.892. The molecule has 1 aromatic rings. The fraction of sp³-hybridized carbons (Fsp3) is 0.583. The van der Waals surface area contributed by atoms with E-state index in [0.717, 1.165) is 41.8 Å². The van der Waals surface area contributed by atoms with Gasteiger partial charge in [0, 0.05) is 29.4 Å². The Balaban J connectivity index is 2.19. The zero-order chi connectivity index (χ0) is 12.3.